The van der Waals surface area contributed by atoms with Crippen molar-refractivity contribution < 1.29 is 13.6 Å². The lowest BCUT2D eigenvalue weighted by Crippen LogP contribution is -2.36. The number of hydrogen-bond acceptors (Lipinski definition) is 6. The maximum Gasteiger partial charge on any atom is 0.306 e. The van der Waals surface area contributed by atoms with Crippen LogP contribution in [0.3, 0.4) is 0 Å². The van der Waals surface area contributed by atoms with Crippen molar-refractivity contribution in [2.45, 2.75) is 25.9 Å². The summed E-state index contributed by atoms with van der Waals surface area (Å²) in [6, 6.07) is 7.94. The van der Waals surface area contributed by atoms with Gasteiger partial charge in [0.25, 0.3) is 5.56 Å². The summed E-state index contributed by atoms with van der Waals surface area (Å²) in [5, 5.41) is 6.07. The fourth-order valence-electron chi connectivity index (χ4n) is 3.23. The zero-order chi connectivity index (χ0) is 23.4. The molecule has 4 heterocycles. The maximum absolute atomic E-state index is 14.4. The average Bonchev–Trinajstić information content (AvgIpc) is 3.28. The molecule has 3 N–H and O–H groups in total. The van der Waals surface area contributed by atoms with Crippen molar-refractivity contribution in [1.29, 1.82) is 0 Å². The van der Waals surface area contributed by atoms with Crippen LogP contribution >= 0.6 is 0 Å². The van der Waals surface area contributed by atoms with Crippen LogP contribution in [0.15, 0.2) is 59.9 Å². The molecule has 9 nitrogen and oxygen atoms in total. The van der Waals surface area contributed by atoms with Crippen LogP contribution in [0.4, 0.5) is 14.6 Å². The van der Waals surface area contributed by atoms with Gasteiger partial charge >= 0.3 is 5.92 Å². The standard InChI is InChI=1S/C22H21F2N7O2/c1-14-9-29-20(30-13-22(23,24)18-4-2-3-6-26-18)21(33)31(14)12-19(32)28-10-16-8-15-5-7-25-17(15)11-27-16/h2-9,11,25H,10,12-13H2,1H3,(H,28,32)(H,29,30). The van der Waals surface area contributed by atoms with Gasteiger partial charge in [0.05, 0.1) is 30.5 Å². The highest BCUT2D eigenvalue weighted by molar-refractivity contribution is 5.79. The van der Waals surface area contributed by atoms with Gasteiger partial charge in [-0.15, -0.1) is 0 Å². The number of amides is 1. The molecule has 0 spiro atoms. The number of hydrogen-bond donors (Lipinski definition) is 3. The molecule has 0 bridgehead atoms. The number of anilines is 1. The Hall–Kier alpha value is -4.15. The Balaban J connectivity index is 1.41. The third kappa shape index (κ3) is 5.03. The molecule has 0 unspecified atom stereocenters. The summed E-state index contributed by atoms with van der Waals surface area (Å²) in [7, 11) is 0. The Morgan fingerprint density at radius 3 is 2.82 bits per heavy atom. The van der Waals surface area contributed by atoms with E-state index >= 15 is 0 Å². The quantitative estimate of drug-likeness (QED) is 0.377. The Morgan fingerprint density at radius 2 is 2.03 bits per heavy atom. The normalized spacial score (nSPS) is 11.5. The van der Waals surface area contributed by atoms with E-state index in [9.17, 15) is 18.4 Å². The third-order valence-electron chi connectivity index (χ3n) is 5.03. The van der Waals surface area contributed by atoms with Crippen LogP contribution in [0.2, 0.25) is 0 Å². The largest absolute Gasteiger partial charge is 0.360 e. The number of nitrogens with zero attached hydrogens (tertiary/aromatic N) is 4. The molecule has 0 aromatic carbocycles. The van der Waals surface area contributed by atoms with Gasteiger partial charge in [-0.05, 0) is 31.2 Å². The molecular formula is C22H21F2N7O2. The van der Waals surface area contributed by atoms with E-state index in [1.165, 1.54) is 35.2 Å². The number of carbonyl (C=O) groups excluding carboxylic acids is 1. The molecule has 11 heteroatoms. The van der Waals surface area contributed by atoms with E-state index in [0.29, 0.717) is 11.4 Å². The zero-order valence-corrected chi connectivity index (χ0v) is 17.7. The van der Waals surface area contributed by atoms with E-state index in [1.54, 1.807) is 19.3 Å². The minimum atomic E-state index is -3.31. The maximum atomic E-state index is 14.4. The average molecular weight is 453 g/mol. The highest BCUT2D eigenvalue weighted by atomic mass is 19.3. The minimum absolute atomic E-state index is 0.181. The van der Waals surface area contributed by atoms with Gasteiger partial charge in [0.2, 0.25) is 5.91 Å². The Kier molecular flexibility index (Phi) is 6.11. The lowest BCUT2D eigenvalue weighted by atomic mass is 10.2. The number of aromatic nitrogens is 5. The van der Waals surface area contributed by atoms with Crippen molar-refractivity contribution in [2.75, 3.05) is 11.9 Å². The molecule has 0 aliphatic carbocycles. The molecular weight excluding hydrogens is 432 g/mol. The highest BCUT2D eigenvalue weighted by Crippen LogP contribution is 2.25. The number of H-pyrrole nitrogens is 1. The van der Waals surface area contributed by atoms with Gasteiger partial charge in [0, 0.05) is 29.7 Å². The predicted octanol–water partition coefficient (Wildman–Crippen LogP) is 2.34. The van der Waals surface area contributed by atoms with E-state index in [0.717, 1.165) is 10.9 Å². The number of aromatic amines is 1. The first kappa shape index (κ1) is 22.1. The molecule has 0 saturated carbocycles. The SMILES string of the molecule is Cc1cnc(NCC(F)(F)c2ccccn2)c(=O)n1CC(=O)NCc1cc2cc[nH]c2cn1. The molecule has 170 valence electrons. The number of halogens is 2. The lowest BCUT2D eigenvalue weighted by Gasteiger charge is -2.17. The van der Waals surface area contributed by atoms with Gasteiger partial charge in [-0.1, -0.05) is 6.07 Å². The molecule has 4 aromatic rings. The molecule has 0 aliphatic heterocycles. The number of aryl methyl sites for hydroxylation is 1. The van der Waals surface area contributed by atoms with Crippen LogP contribution in [0.25, 0.3) is 10.9 Å². The van der Waals surface area contributed by atoms with Crippen LogP contribution in [0, 0.1) is 6.92 Å². The van der Waals surface area contributed by atoms with Crippen molar-refractivity contribution in [2.24, 2.45) is 0 Å². The monoisotopic (exact) mass is 453 g/mol. The molecule has 4 rings (SSSR count). The topological polar surface area (TPSA) is 118 Å². The van der Waals surface area contributed by atoms with Crippen LogP contribution in [0.5, 0.6) is 0 Å². The van der Waals surface area contributed by atoms with Crippen molar-refractivity contribution in [3.63, 3.8) is 0 Å². The van der Waals surface area contributed by atoms with Gasteiger partial charge < -0.3 is 15.6 Å². The number of rotatable bonds is 8. The number of carbonyl (C=O) groups is 1. The summed E-state index contributed by atoms with van der Waals surface area (Å²) < 4.78 is 29.9. The van der Waals surface area contributed by atoms with Gasteiger partial charge in [-0.3, -0.25) is 24.1 Å². The molecule has 0 atom stereocenters. The smallest absolute Gasteiger partial charge is 0.306 e. The summed E-state index contributed by atoms with van der Waals surface area (Å²) >= 11 is 0. The van der Waals surface area contributed by atoms with Crippen LogP contribution < -0.4 is 16.2 Å². The molecule has 0 radical (unpaired) electrons. The predicted molar refractivity (Wildman–Crippen MR) is 118 cm³/mol. The van der Waals surface area contributed by atoms with Crippen LogP contribution in [0.1, 0.15) is 17.1 Å². The number of pyridine rings is 2. The van der Waals surface area contributed by atoms with E-state index < -0.39 is 29.6 Å². The Labute approximate surface area is 186 Å². The Bertz CT molecular complexity index is 1340. The second-order valence-electron chi connectivity index (χ2n) is 7.43. The third-order valence-corrected chi connectivity index (χ3v) is 5.03. The summed E-state index contributed by atoms with van der Waals surface area (Å²) in [6.07, 6.45) is 6.08. The van der Waals surface area contributed by atoms with Gasteiger partial charge in [0.15, 0.2) is 5.82 Å². The van der Waals surface area contributed by atoms with Crippen LogP contribution in [-0.4, -0.2) is 37.0 Å². The van der Waals surface area contributed by atoms with E-state index in [-0.39, 0.29) is 18.9 Å². The van der Waals surface area contributed by atoms with E-state index in [2.05, 4.69) is 30.6 Å². The van der Waals surface area contributed by atoms with E-state index in [4.69, 9.17) is 0 Å². The molecule has 0 aliphatic rings. The first-order valence-corrected chi connectivity index (χ1v) is 10.1. The second kappa shape index (κ2) is 9.15. The molecule has 1 amide bonds. The highest BCUT2D eigenvalue weighted by Gasteiger charge is 2.33. The summed E-state index contributed by atoms with van der Waals surface area (Å²) in [6.45, 7) is 0.634. The van der Waals surface area contributed by atoms with E-state index in [1.807, 2.05) is 12.1 Å². The van der Waals surface area contributed by atoms with Gasteiger partial charge in [-0.25, -0.2) is 4.98 Å². The molecule has 33 heavy (non-hydrogen) atoms. The second-order valence-corrected chi connectivity index (χ2v) is 7.43. The summed E-state index contributed by atoms with van der Waals surface area (Å²) in [5.74, 6) is -4.01. The first-order chi connectivity index (χ1) is 15.8. The fraction of sp³-hybridized carbons (Fsp3) is 0.227. The van der Waals surface area contributed by atoms with Gasteiger partial charge in [-0.2, -0.15) is 8.78 Å². The first-order valence-electron chi connectivity index (χ1n) is 10.1. The molecule has 0 saturated heterocycles. The number of alkyl halides is 2. The van der Waals surface area contributed by atoms with Crippen molar-refractivity contribution in [3.8, 4) is 0 Å². The summed E-state index contributed by atoms with van der Waals surface area (Å²) in [5.41, 5.74) is 0.875. The van der Waals surface area contributed by atoms with Gasteiger partial charge in [0.1, 0.15) is 12.2 Å². The molecule has 4 aromatic heterocycles. The summed E-state index contributed by atoms with van der Waals surface area (Å²) in [4.78, 5) is 40.1. The molecule has 0 fully saturated rings. The van der Waals surface area contributed by atoms with Crippen molar-refractivity contribution in [3.05, 3.63) is 82.6 Å². The Morgan fingerprint density at radius 1 is 1.18 bits per heavy atom. The number of fused-ring (bicyclic) bond motifs is 1. The lowest BCUT2D eigenvalue weighted by molar-refractivity contribution is -0.121. The minimum Gasteiger partial charge on any atom is -0.360 e. The van der Waals surface area contributed by atoms with Crippen molar-refractivity contribution >= 4 is 22.6 Å². The van der Waals surface area contributed by atoms with Crippen LogP contribution in [-0.2, 0) is 23.8 Å². The zero-order valence-electron chi connectivity index (χ0n) is 17.7. The fourth-order valence-corrected chi connectivity index (χ4v) is 3.23. The van der Waals surface area contributed by atoms with Crippen molar-refractivity contribution in [1.82, 2.24) is 29.8 Å². The number of nitrogens with one attached hydrogen (secondary N) is 3.